The monoisotopic (exact) mass is 433 g/mol. The van der Waals surface area contributed by atoms with Gasteiger partial charge in [0, 0.05) is 16.6 Å². The normalized spacial score (nSPS) is 10.5. The summed E-state index contributed by atoms with van der Waals surface area (Å²) in [6.07, 6.45) is 0. The van der Waals surface area contributed by atoms with Crippen LogP contribution in [0.2, 0.25) is 0 Å². The van der Waals surface area contributed by atoms with Crippen molar-refractivity contribution in [2.45, 2.75) is 13.2 Å². The van der Waals surface area contributed by atoms with E-state index in [0.29, 0.717) is 23.8 Å². The molecule has 1 N–H and O–H groups in total. The molecule has 1 aromatic heterocycles. The van der Waals surface area contributed by atoms with Gasteiger partial charge >= 0.3 is 0 Å². The van der Waals surface area contributed by atoms with Gasteiger partial charge in [-0.15, -0.1) is 0 Å². The molecule has 0 radical (unpaired) electrons. The topological polar surface area (TPSA) is 60.7 Å². The highest BCUT2D eigenvalue weighted by molar-refractivity contribution is 9.10. The first-order valence-corrected chi connectivity index (χ1v) is 8.92. The lowest BCUT2D eigenvalue weighted by Crippen LogP contribution is -2.22. The Labute approximate surface area is 164 Å². The van der Waals surface area contributed by atoms with E-state index in [1.807, 2.05) is 18.2 Å². The Morgan fingerprint density at radius 1 is 1.15 bits per heavy atom. The zero-order chi connectivity index (χ0) is 19.2. The van der Waals surface area contributed by atoms with E-state index >= 15 is 0 Å². The highest BCUT2D eigenvalue weighted by Crippen LogP contribution is 2.23. The fraction of sp³-hybridized carbons (Fsp3) is 0.150. The summed E-state index contributed by atoms with van der Waals surface area (Å²) in [4.78, 5) is 12.3. The van der Waals surface area contributed by atoms with Gasteiger partial charge in [0.05, 0.1) is 7.11 Å². The molecule has 2 aromatic carbocycles. The van der Waals surface area contributed by atoms with Crippen LogP contribution < -0.4 is 14.8 Å². The number of carbonyl (C=O) groups is 1. The van der Waals surface area contributed by atoms with Gasteiger partial charge in [-0.1, -0.05) is 15.9 Å². The number of halogens is 2. The van der Waals surface area contributed by atoms with E-state index in [0.717, 1.165) is 10.0 Å². The van der Waals surface area contributed by atoms with Gasteiger partial charge in [-0.2, -0.15) is 0 Å². The Morgan fingerprint density at radius 3 is 2.67 bits per heavy atom. The predicted octanol–water partition coefficient (Wildman–Crippen LogP) is 4.70. The quantitative estimate of drug-likeness (QED) is 0.586. The summed E-state index contributed by atoms with van der Waals surface area (Å²) in [5, 5.41) is 2.79. The number of ether oxygens (including phenoxy) is 2. The third-order valence-electron chi connectivity index (χ3n) is 3.76. The highest BCUT2D eigenvalue weighted by atomic mass is 79.9. The van der Waals surface area contributed by atoms with E-state index in [2.05, 4.69) is 21.2 Å². The lowest BCUT2D eigenvalue weighted by Gasteiger charge is -2.09. The number of rotatable bonds is 7. The third kappa shape index (κ3) is 5.10. The van der Waals surface area contributed by atoms with Gasteiger partial charge in [-0.05, 0) is 54.6 Å². The van der Waals surface area contributed by atoms with Crippen LogP contribution >= 0.6 is 15.9 Å². The molecule has 0 saturated heterocycles. The molecular formula is C20H17BrFNO4. The van der Waals surface area contributed by atoms with Gasteiger partial charge in [0.15, 0.2) is 5.76 Å². The summed E-state index contributed by atoms with van der Waals surface area (Å²) in [5.41, 5.74) is 0.839. The SMILES string of the molecule is COc1ccc(Br)cc1CNC(=O)c1ccc(COc2ccc(F)cc2)o1. The Kier molecular flexibility index (Phi) is 6.13. The van der Waals surface area contributed by atoms with Crippen molar-refractivity contribution in [3.8, 4) is 11.5 Å². The maximum absolute atomic E-state index is 12.9. The van der Waals surface area contributed by atoms with Gasteiger partial charge in [0.25, 0.3) is 5.91 Å². The first-order valence-electron chi connectivity index (χ1n) is 8.13. The van der Waals surface area contributed by atoms with Crippen LogP contribution in [0.3, 0.4) is 0 Å². The van der Waals surface area contributed by atoms with Gasteiger partial charge in [0.2, 0.25) is 0 Å². The van der Waals surface area contributed by atoms with E-state index < -0.39 is 0 Å². The van der Waals surface area contributed by atoms with Crippen molar-refractivity contribution in [3.63, 3.8) is 0 Å². The zero-order valence-corrected chi connectivity index (χ0v) is 16.1. The summed E-state index contributed by atoms with van der Waals surface area (Å²) in [6.45, 7) is 0.432. The molecule has 0 aliphatic heterocycles. The van der Waals surface area contributed by atoms with Crippen molar-refractivity contribution in [3.05, 3.63) is 82.0 Å². The molecule has 0 spiro atoms. The summed E-state index contributed by atoms with van der Waals surface area (Å²) >= 11 is 3.40. The predicted molar refractivity (Wildman–Crippen MR) is 101 cm³/mol. The van der Waals surface area contributed by atoms with Crippen LogP contribution in [0.5, 0.6) is 11.5 Å². The average molecular weight is 434 g/mol. The molecule has 3 aromatic rings. The van der Waals surface area contributed by atoms with E-state index in [4.69, 9.17) is 13.9 Å². The molecule has 1 heterocycles. The highest BCUT2D eigenvalue weighted by Gasteiger charge is 2.13. The molecule has 3 rings (SSSR count). The van der Waals surface area contributed by atoms with E-state index in [1.165, 1.54) is 24.3 Å². The number of methoxy groups -OCH3 is 1. The Bertz CT molecular complexity index is 924. The second kappa shape index (κ2) is 8.73. The molecule has 27 heavy (non-hydrogen) atoms. The van der Waals surface area contributed by atoms with Crippen molar-refractivity contribution in [1.29, 1.82) is 0 Å². The van der Waals surface area contributed by atoms with Gasteiger partial charge in [-0.3, -0.25) is 4.79 Å². The van der Waals surface area contributed by atoms with Crippen LogP contribution in [0.4, 0.5) is 4.39 Å². The minimum absolute atomic E-state index is 0.137. The van der Waals surface area contributed by atoms with Crippen LogP contribution in [-0.4, -0.2) is 13.0 Å². The molecule has 140 valence electrons. The van der Waals surface area contributed by atoms with Crippen molar-refractivity contribution >= 4 is 21.8 Å². The summed E-state index contributed by atoms with van der Waals surface area (Å²) in [6, 6.07) is 14.5. The Morgan fingerprint density at radius 2 is 1.93 bits per heavy atom. The van der Waals surface area contributed by atoms with Crippen LogP contribution in [0.1, 0.15) is 21.9 Å². The van der Waals surface area contributed by atoms with Gasteiger partial charge < -0.3 is 19.2 Å². The van der Waals surface area contributed by atoms with Crippen LogP contribution in [0, 0.1) is 5.82 Å². The molecule has 0 aliphatic carbocycles. The minimum atomic E-state index is -0.343. The number of hydrogen-bond acceptors (Lipinski definition) is 4. The molecule has 7 heteroatoms. The summed E-state index contributed by atoms with van der Waals surface area (Å²) < 4.78 is 30.1. The third-order valence-corrected chi connectivity index (χ3v) is 4.26. The van der Waals surface area contributed by atoms with Gasteiger partial charge in [-0.25, -0.2) is 4.39 Å². The molecule has 1 amide bonds. The maximum Gasteiger partial charge on any atom is 0.287 e. The first kappa shape index (κ1) is 19.0. The van der Waals surface area contributed by atoms with Gasteiger partial charge in [0.1, 0.15) is 29.7 Å². The first-order chi connectivity index (χ1) is 13.0. The van der Waals surface area contributed by atoms with Crippen molar-refractivity contribution < 1.29 is 23.1 Å². The molecule has 0 bridgehead atoms. The van der Waals surface area contributed by atoms with Crippen LogP contribution in [-0.2, 0) is 13.2 Å². The zero-order valence-electron chi connectivity index (χ0n) is 14.5. The minimum Gasteiger partial charge on any atom is -0.496 e. The lowest BCUT2D eigenvalue weighted by atomic mass is 10.2. The van der Waals surface area contributed by atoms with Crippen LogP contribution in [0.25, 0.3) is 0 Å². The number of nitrogens with one attached hydrogen (secondary N) is 1. The molecule has 0 saturated carbocycles. The standard InChI is InChI=1S/C20H17BrFNO4/c1-25-18-8-2-14(21)10-13(18)11-23-20(24)19-9-7-17(27-19)12-26-16-5-3-15(22)4-6-16/h2-10H,11-12H2,1H3,(H,23,24). The molecule has 5 nitrogen and oxygen atoms in total. The fourth-order valence-electron chi connectivity index (χ4n) is 2.41. The Balaban J connectivity index is 1.57. The smallest absolute Gasteiger partial charge is 0.287 e. The number of amides is 1. The molecule has 0 fully saturated rings. The van der Waals surface area contributed by atoms with Crippen molar-refractivity contribution in [2.75, 3.05) is 7.11 Å². The van der Waals surface area contributed by atoms with Crippen LogP contribution in [0.15, 0.2) is 63.5 Å². The molecule has 0 aliphatic rings. The average Bonchev–Trinajstić information content (AvgIpc) is 3.15. The largest absolute Gasteiger partial charge is 0.496 e. The number of hydrogen-bond donors (Lipinski definition) is 1. The fourth-order valence-corrected chi connectivity index (χ4v) is 2.82. The number of carbonyl (C=O) groups excluding carboxylic acids is 1. The van der Waals surface area contributed by atoms with E-state index in [-0.39, 0.29) is 24.1 Å². The lowest BCUT2D eigenvalue weighted by molar-refractivity contribution is 0.0919. The summed E-state index contributed by atoms with van der Waals surface area (Å²) in [5.74, 6) is 1.20. The van der Waals surface area contributed by atoms with E-state index in [1.54, 1.807) is 19.2 Å². The molecule has 0 atom stereocenters. The maximum atomic E-state index is 12.9. The molecule has 0 unspecified atom stereocenters. The number of furan rings is 1. The van der Waals surface area contributed by atoms with Crippen molar-refractivity contribution in [1.82, 2.24) is 5.32 Å². The van der Waals surface area contributed by atoms with Crippen molar-refractivity contribution in [2.24, 2.45) is 0 Å². The Hall–Kier alpha value is -2.80. The second-order valence-corrected chi connectivity index (χ2v) is 6.56. The molecular weight excluding hydrogens is 417 g/mol. The summed E-state index contributed by atoms with van der Waals surface area (Å²) in [7, 11) is 1.58. The van der Waals surface area contributed by atoms with E-state index in [9.17, 15) is 9.18 Å². The second-order valence-electron chi connectivity index (χ2n) is 5.65. The number of benzene rings is 2.